The largest absolute Gasteiger partial charge is 0.313 e. The van der Waals surface area contributed by atoms with Gasteiger partial charge in [-0.2, -0.15) is 0 Å². The summed E-state index contributed by atoms with van der Waals surface area (Å²) in [4.78, 5) is 0. The predicted molar refractivity (Wildman–Crippen MR) is 85.8 cm³/mol. The molecule has 1 unspecified atom stereocenters. The molecule has 0 bridgehead atoms. The van der Waals surface area contributed by atoms with Crippen LogP contribution in [0, 0.1) is 12.7 Å². The van der Waals surface area contributed by atoms with Gasteiger partial charge in [0.2, 0.25) is 0 Å². The predicted octanol–water partition coefficient (Wildman–Crippen LogP) is 5.05. The maximum Gasteiger partial charge on any atom is 0.123 e. The molecular weight excluding hydrogens is 341 g/mol. The Balaban J connectivity index is 2.26. The third-order valence-electron chi connectivity index (χ3n) is 3.42. The second-order valence-electron chi connectivity index (χ2n) is 4.79. The summed E-state index contributed by atoms with van der Waals surface area (Å²) in [5, 5.41) is 3.98. The summed E-state index contributed by atoms with van der Waals surface area (Å²) in [6, 6.07) is 11.0. The average Bonchev–Trinajstić information content (AvgIpc) is 2.41. The average molecular weight is 357 g/mol. The van der Waals surface area contributed by atoms with Crippen LogP contribution in [0.3, 0.4) is 0 Å². The lowest BCUT2D eigenvalue weighted by molar-refractivity contribution is 0.587. The van der Waals surface area contributed by atoms with Crippen molar-refractivity contribution in [2.45, 2.75) is 19.4 Å². The molecule has 0 radical (unpaired) electrons. The molecule has 0 saturated carbocycles. The number of likely N-dealkylation sites (N-methyl/N-ethyl adjacent to an activating group) is 1. The lowest BCUT2D eigenvalue weighted by Crippen LogP contribution is -2.19. The Morgan fingerprint density at radius 3 is 2.60 bits per heavy atom. The van der Waals surface area contributed by atoms with Crippen molar-refractivity contribution in [3.05, 3.63) is 68.4 Å². The summed E-state index contributed by atoms with van der Waals surface area (Å²) >= 11 is 9.54. The van der Waals surface area contributed by atoms with E-state index < -0.39 is 0 Å². The van der Waals surface area contributed by atoms with Crippen LogP contribution in [0.5, 0.6) is 0 Å². The van der Waals surface area contributed by atoms with E-state index in [1.807, 2.05) is 38.2 Å². The second-order valence-corrected chi connectivity index (χ2v) is 6.05. The molecule has 2 aromatic carbocycles. The molecule has 0 aromatic heterocycles. The quantitative estimate of drug-likeness (QED) is 0.808. The molecule has 1 atom stereocenters. The molecule has 0 aliphatic heterocycles. The lowest BCUT2D eigenvalue weighted by Gasteiger charge is -2.18. The number of rotatable bonds is 4. The Labute approximate surface area is 132 Å². The molecule has 4 heteroatoms. The van der Waals surface area contributed by atoms with Crippen molar-refractivity contribution < 1.29 is 4.39 Å². The topological polar surface area (TPSA) is 12.0 Å². The first-order valence-electron chi connectivity index (χ1n) is 6.38. The van der Waals surface area contributed by atoms with Gasteiger partial charge in [-0.15, -0.1) is 0 Å². The van der Waals surface area contributed by atoms with Crippen molar-refractivity contribution >= 4 is 27.5 Å². The van der Waals surface area contributed by atoms with E-state index in [1.165, 1.54) is 6.07 Å². The van der Waals surface area contributed by atoms with Crippen molar-refractivity contribution in [1.82, 2.24) is 5.32 Å². The van der Waals surface area contributed by atoms with Gasteiger partial charge in [0.1, 0.15) is 5.82 Å². The number of hydrogen-bond acceptors (Lipinski definition) is 1. The Morgan fingerprint density at radius 1 is 1.25 bits per heavy atom. The molecule has 106 valence electrons. The third-order valence-corrected chi connectivity index (χ3v) is 4.66. The zero-order valence-corrected chi connectivity index (χ0v) is 13.7. The minimum absolute atomic E-state index is 0.143. The molecule has 0 spiro atoms. The first kappa shape index (κ1) is 15.5. The van der Waals surface area contributed by atoms with Gasteiger partial charge in [0.25, 0.3) is 0 Å². The molecule has 0 aliphatic carbocycles. The summed E-state index contributed by atoms with van der Waals surface area (Å²) in [5.74, 6) is -0.195. The second kappa shape index (κ2) is 6.70. The number of aryl methyl sites for hydroxylation is 1. The van der Waals surface area contributed by atoms with Crippen molar-refractivity contribution in [2.24, 2.45) is 0 Å². The smallest absolute Gasteiger partial charge is 0.123 e. The zero-order chi connectivity index (χ0) is 14.7. The highest BCUT2D eigenvalue weighted by atomic mass is 79.9. The van der Waals surface area contributed by atoms with Gasteiger partial charge in [-0.25, -0.2) is 4.39 Å². The molecule has 1 nitrogen and oxygen atoms in total. The van der Waals surface area contributed by atoms with Crippen LogP contribution in [0.25, 0.3) is 0 Å². The summed E-state index contributed by atoms with van der Waals surface area (Å²) in [6.07, 6.45) is 0.792. The molecule has 1 N–H and O–H groups in total. The van der Waals surface area contributed by atoms with Gasteiger partial charge in [0, 0.05) is 10.5 Å². The highest BCUT2D eigenvalue weighted by Crippen LogP contribution is 2.28. The normalized spacial score (nSPS) is 12.4. The Morgan fingerprint density at radius 2 is 2.00 bits per heavy atom. The van der Waals surface area contributed by atoms with Crippen molar-refractivity contribution in [3.63, 3.8) is 0 Å². The first-order valence-corrected chi connectivity index (χ1v) is 7.55. The van der Waals surface area contributed by atoms with Crippen LogP contribution in [0.15, 0.2) is 40.9 Å². The van der Waals surface area contributed by atoms with Gasteiger partial charge < -0.3 is 5.32 Å². The molecule has 0 fully saturated rings. The number of benzene rings is 2. The van der Waals surface area contributed by atoms with E-state index in [0.717, 1.165) is 27.6 Å². The van der Waals surface area contributed by atoms with Crippen LogP contribution in [0.2, 0.25) is 5.02 Å². The van der Waals surface area contributed by atoms with Crippen molar-refractivity contribution in [3.8, 4) is 0 Å². The number of nitrogens with one attached hydrogen (secondary N) is 1. The van der Waals surface area contributed by atoms with Gasteiger partial charge in [-0.3, -0.25) is 0 Å². The minimum Gasteiger partial charge on any atom is -0.313 e. The van der Waals surface area contributed by atoms with E-state index in [-0.39, 0.29) is 11.9 Å². The molecule has 20 heavy (non-hydrogen) atoms. The molecule has 0 aliphatic rings. The maximum absolute atomic E-state index is 13.1. The fourth-order valence-electron chi connectivity index (χ4n) is 2.22. The van der Waals surface area contributed by atoms with E-state index in [9.17, 15) is 4.39 Å². The molecule has 0 amide bonds. The van der Waals surface area contributed by atoms with E-state index >= 15 is 0 Å². The van der Waals surface area contributed by atoms with Gasteiger partial charge in [0.05, 0.1) is 5.02 Å². The maximum atomic E-state index is 13.1. The highest BCUT2D eigenvalue weighted by Gasteiger charge is 2.13. The number of hydrogen-bond donors (Lipinski definition) is 1. The molecule has 0 heterocycles. The Kier molecular flexibility index (Phi) is 5.19. The Bertz CT molecular complexity index is 615. The van der Waals surface area contributed by atoms with Gasteiger partial charge in [-0.05, 0) is 77.3 Å². The van der Waals surface area contributed by atoms with E-state index in [4.69, 9.17) is 11.6 Å². The SMILES string of the molecule is CNC(Cc1ccc(F)cc1C)c1ccc(Br)c(Cl)c1. The van der Waals surface area contributed by atoms with Crippen LogP contribution in [-0.2, 0) is 6.42 Å². The fourth-order valence-corrected chi connectivity index (χ4v) is 2.66. The summed E-state index contributed by atoms with van der Waals surface area (Å²) in [5.41, 5.74) is 3.21. The summed E-state index contributed by atoms with van der Waals surface area (Å²) in [7, 11) is 1.92. The number of halogens is 3. The monoisotopic (exact) mass is 355 g/mol. The van der Waals surface area contributed by atoms with Crippen LogP contribution < -0.4 is 5.32 Å². The molecular formula is C16H16BrClFN. The van der Waals surface area contributed by atoms with Crippen LogP contribution in [0.1, 0.15) is 22.7 Å². The Hall–Kier alpha value is -0.900. The van der Waals surface area contributed by atoms with Gasteiger partial charge >= 0.3 is 0 Å². The lowest BCUT2D eigenvalue weighted by atomic mass is 9.96. The molecule has 2 aromatic rings. The standard InChI is InChI=1S/C16H16BrClFN/c1-10-7-13(19)5-3-11(10)9-16(20-2)12-4-6-14(17)15(18)8-12/h3-8,16,20H,9H2,1-2H3. The minimum atomic E-state index is -0.195. The van der Waals surface area contributed by atoms with E-state index in [0.29, 0.717) is 5.02 Å². The molecule has 0 saturated heterocycles. The fraction of sp³-hybridized carbons (Fsp3) is 0.250. The zero-order valence-electron chi connectivity index (χ0n) is 11.4. The van der Waals surface area contributed by atoms with Crippen LogP contribution >= 0.6 is 27.5 Å². The van der Waals surface area contributed by atoms with Crippen LogP contribution in [0.4, 0.5) is 4.39 Å². The first-order chi connectivity index (χ1) is 9.51. The van der Waals surface area contributed by atoms with E-state index in [1.54, 1.807) is 6.07 Å². The van der Waals surface area contributed by atoms with Gasteiger partial charge in [-0.1, -0.05) is 23.7 Å². The highest BCUT2D eigenvalue weighted by molar-refractivity contribution is 9.10. The van der Waals surface area contributed by atoms with Crippen molar-refractivity contribution in [1.29, 1.82) is 0 Å². The summed E-state index contributed by atoms with van der Waals surface area (Å²) < 4.78 is 14.0. The third kappa shape index (κ3) is 3.60. The van der Waals surface area contributed by atoms with Crippen LogP contribution in [-0.4, -0.2) is 7.05 Å². The van der Waals surface area contributed by atoms with E-state index in [2.05, 4.69) is 21.2 Å². The van der Waals surface area contributed by atoms with Crippen molar-refractivity contribution in [2.75, 3.05) is 7.05 Å². The van der Waals surface area contributed by atoms with Gasteiger partial charge in [0.15, 0.2) is 0 Å². The summed E-state index contributed by atoms with van der Waals surface area (Å²) in [6.45, 7) is 1.93. The molecule has 2 rings (SSSR count).